The summed E-state index contributed by atoms with van der Waals surface area (Å²) in [5.74, 6) is -0.636. The molecule has 106 valence electrons. The average Bonchev–Trinajstić information content (AvgIpc) is 2.89. The van der Waals surface area contributed by atoms with Crippen LogP contribution in [0.4, 0.5) is 4.39 Å². The minimum atomic E-state index is -0.375. The molecule has 0 fully saturated rings. The van der Waals surface area contributed by atoms with Gasteiger partial charge < -0.3 is 9.30 Å². The number of aromatic nitrogens is 1. The van der Waals surface area contributed by atoms with Crippen molar-refractivity contribution in [3.63, 3.8) is 0 Å². The summed E-state index contributed by atoms with van der Waals surface area (Å²) < 4.78 is 19.9. The van der Waals surface area contributed by atoms with E-state index in [1.807, 2.05) is 29.8 Å². The summed E-state index contributed by atoms with van der Waals surface area (Å²) in [6.07, 6.45) is 1.91. The van der Waals surface area contributed by atoms with E-state index in [-0.39, 0.29) is 11.8 Å². The average molecular weight is 283 g/mol. The van der Waals surface area contributed by atoms with Crippen molar-refractivity contribution >= 4 is 16.9 Å². The zero-order valence-corrected chi connectivity index (χ0v) is 11.8. The lowest BCUT2D eigenvalue weighted by Crippen LogP contribution is -2.02. The van der Waals surface area contributed by atoms with Gasteiger partial charge in [-0.3, -0.25) is 0 Å². The fraction of sp³-hybridized carbons (Fsp3) is 0.118. The lowest BCUT2D eigenvalue weighted by atomic mass is 10.1. The number of carbonyl (C=O) groups is 1. The summed E-state index contributed by atoms with van der Waals surface area (Å²) in [5.41, 5.74) is 3.08. The molecule has 3 aromatic rings. The number of hydrogen-bond acceptors (Lipinski definition) is 2. The Morgan fingerprint density at radius 2 is 1.95 bits per heavy atom. The molecule has 0 N–H and O–H groups in total. The van der Waals surface area contributed by atoms with Crippen LogP contribution in [0.25, 0.3) is 16.6 Å². The van der Waals surface area contributed by atoms with Gasteiger partial charge in [0.2, 0.25) is 0 Å². The molecule has 0 atom stereocenters. The first-order chi connectivity index (χ1) is 10.1. The van der Waals surface area contributed by atoms with Gasteiger partial charge in [0.25, 0.3) is 0 Å². The predicted molar refractivity (Wildman–Crippen MR) is 79.3 cm³/mol. The minimum absolute atomic E-state index is 0.261. The van der Waals surface area contributed by atoms with E-state index < -0.39 is 0 Å². The molecule has 0 spiro atoms. The molecule has 0 amide bonds. The predicted octanol–water partition coefficient (Wildman–Crippen LogP) is 3.86. The van der Waals surface area contributed by atoms with Gasteiger partial charge >= 0.3 is 5.97 Å². The monoisotopic (exact) mass is 283 g/mol. The maximum absolute atomic E-state index is 13.2. The van der Waals surface area contributed by atoms with Gasteiger partial charge in [-0.15, -0.1) is 0 Å². The third-order valence-electron chi connectivity index (χ3n) is 3.53. The van der Waals surface area contributed by atoms with Crippen molar-refractivity contribution in [2.24, 2.45) is 0 Å². The number of esters is 1. The van der Waals surface area contributed by atoms with Crippen LogP contribution in [0.5, 0.6) is 0 Å². The number of aryl methyl sites for hydroxylation is 1. The molecule has 4 heteroatoms. The fourth-order valence-electron chi connectivity index (χ4n) is 2.47. The smallest absolute Gasteiger partial charge is 0.337 e. The molecule has 2 aromatic carbocycles. The third kappa shape index (κ3) is 2.29. The molecular weight excluding hydrogens is 269 g/mol. The van der Waals surface area contributed by atoms with Gasteiger partial charge in [0, 0.05) is 11.9 Å². The van der Waals surface area contributed by atoms with Gasteiger partial charge in [0.15, 0.2) is 0 Å². The van der Waals surface area contributed by atoms with Crippen molar-refractivity contribution in [3.05, 3.63) is 65.6 Å². The summed E-state index contributed by atoms with van der Waals surface area (Å²) in [7, 11) is 1.36. The Morgan fingerprint density at radius 1 is 1.14 bits per heavy atom. The molecule has 1 heterocycles. The number of hydrogen-bond donors (Lipinski definition) is 0. The van der Waals surface area contributed by atoms with Crippen LogP contribution in [-0.2, 0) is 4.74 Å². The number of benzene rings is 2. The number of ether oxygens (including phenoxy) is 1. The summed E-state index contributed by atoms with van der Waals surface area (Å²) in [6.45, 7) is 1.86. The first kappa shape index (κ1) is 13.4. The van der Waals surface area contributed by atoms with E-state index in [0.29, 0.717) is 5.56 Å². The zero-order valence-electron chi connectivity index (χ0n) is 11.8. The van der Waals surface area contributed by atoms with Crippen molar-refractivity contribution in [3.8, 4) is 5.69 Å². The molecule has 0 bridgehead atoms. The fourth-order valence-corrected chi connectivity index (χ4v) is 2.47. The first-order valence-corrected chi connectivity index (χ1v) is 6.56. The van der Waals surface area contributed by atoms with E-state index in [1.165, 1.54) is 19.2 Å². The van der Waals surface area contributed by atoms with E-state index in [1.54, 1.807) is 18.2 Å². The molecular formula is C17H14FNO2. The SMILES string of the molecule is COC(=O)c1ccc2ccn(-c3ccc(F)cc3C)c2c1. The quantitative estimate of drug-likeness (QED) is 0.669. The number of carbonyl (C=O) groups excluding carboxylic acids is 1. The largest absolute Gasteiger partial charge is 0.465 e. The Labute approximate surface area is 121 Å². The second-order valence-corrected chi connectivity index (χ2v) is 4.88. The van der Waals surface area contributed by atoms with Crippen LogP contribution in [0.3, 0.4) is 0 Å². The molecule has 3 rings (SSSR count). The van der Waals surface area contributed by atoms with Gasteiger partial charge in [0.05, 0.1) is 18.2 Å². The molecule has 21 heavy (non-hydrogen) atoms. The van der Waals surface area contributed by atoms with Gasteiger partial charge in [-0.25, -0.2) is 9.18 Å². The Bertz CT molecular complexity index is 836. The summed E-state index contributed by atoms with van der Waals surface area (Å²) in [5, 5.41) is 1.01. The lowest BCUT2D eigenvalue weighted by molar-refractivity contribution is 0.0601. The number of fused-ring (bicyclic) bond motifs is 1. The highest BCUT2D eigenvalue weighted by Gasteiger charge is 2.10. The number of halogens is 1. The van der Waals surface area contributed by atoms with Crippen LogP contribution in [0.1, 0.15) is 15.9 Å². The van der Waals surface area contributed by atoms with E-state index in [9.17, 15) is 9.18 Å². The number of nitrogens with zero attached hydrogens (tertiary/aromatic N) is 1. The Kier molecular flexibility index (Phi) is 3.22. The van der Waals surface area contributed by atoms with E-state index in [4.69, 9.17) is 4.74 Å². The van der Waals surface area contributed by atoms with Crippen molar-refractivity contribution in [2.75, 3.05) is 7.11 Å². The summed E-state index contributed by atoms with van der Waals surface area (Å²) in [6, 6.07) is 12.0. The Hall–Kier alpha value is -2.62. The van der Waals surface area contributed by atoms with Crippen molar-refractivity contribution in [1.82, 2.24) is 4.57 Å². The van der Waals surface area contributed by atoms with E-state index >= 15 is 0 Å². The first-order valence-electron chi connectivity index (χ1n) is 6.56. The molecule has 0 unspecified atom stereocenters. The van der Waals surface area contributed by atoms with Crippen molar-refractivity contribution < 1.29 is 13.9 Å². The van der Waals surface area contributed by atoms with Gasteiger partial charge in [-0.2, -0.15) is 0 Å². The van der Waals surface area contributed by atoms with Crippen molar-refractivity contribution in [2.45, 2.75) is 6.92 Å². The van der Waals surface area contributed by atoms with Crippen LogP contribution in [0.15, 0.2) is 48.7 Å². The highest BCUT2D eigenvalue weighted by molar-refractivity contribution is 5.95. The van der Waals surface area contributed by atoms with Gasteiger partial charge in [0.1, 0.15) is 5.82 Å². The van der Waals surface area contributed by atoms with Crippen molar-refractivity contribution in [1.29, 1.82) is 0 Å². The Balaban J connectivity index is 2.20. The Morgan fingerprint density at radius 3 is 2.67 bits per heavy atom. The molecule has 0 aliphatic rings. The lowest BCUT2D eigenvalue weighted by Gasteiger charge is -2.10. The van der Waals surface area contributed by atoms with Crippen LogP contribution in [-0.4, -0.2) is 17.6 Å². The highest BCUT2D eigenvalue weighted by atomic mass is 19.1. The number of rotatable bonds is 2. The summed E-state index contributed by atoms with van der Waals surface area (Å²) >= 11 is 0. The molecule has 0 aliphatic carbocycles. The van der Waals surface area contributed by atoms with Crippen LogP contribution in [0, 0.1) is 12.7 Å². The third-order valence-corrected chi connectivity index (χ3v) is 3.53. The van der Waals surface area contributed by atoms with Crippen LogP contribution < -0.4 is 0 Å². The van der Waals surface area contributed by atoms with Crippen LogP contribution >= 0.6 is 0 Å². The summed E-state index contributed by atoms with van der Waals surface area (Å²) in [4.78, 5) is 11.7. The van der Waals surface area contributed by atoms with E-state index in [0.717, 1.165) is 22.2 Å². The van der Waals surface area contributed by atoms with Gasteiger partial charge in [-0.1, -0.05) is 6.07 Å². The molecule has 1 aromatic heterocycles. The van der Waals surface area contributed by atoms with E-state index in [2.05, 4.69) is 0 Å². The molecule has 3 nitrogen and oxygen atoms in total. The normalized spacial score (nSPS) is 10.8. The van der Waals surface area contributed by atoms with Gasteiger partial charge in [-0.05, 0) is 54.3 Å². The van der Waals surface area contributed by atoms with Crippen LogP contribution in [0.2, 0.25) is 0 Å². The second kappa shape index (κ2) is 5.05. The topological polar surface area (TPSA) is 31.2 Å². The molecule has 0 saturated heterocycles. The zero-order chi connectivity index (χ0) is 15.0. The standard InChI is InChI=1S/C17H14FNO2/c1-11-9-14(18)5-6-15(11)19-8-7-12-3-4-13(10-16(12)19)17(20)21-2/h3-10H,1-2H3. The number of methoxy groups -OCH3 is 1. The minimum Gasteiger partial charge on any atom is -0.465 e. The molecule has 0 saturated carbocycles. The second-order valence-electron chi connectivity index (χ2n) is 4.88. The molecule has 0 aliphatic heterocycles. The molecule has 0 radical (unpaired) electrons. The highest BCUT2D eigenvalue weighted by Crippen LogP contribution is 2.24. The maximum Gasteiger partial charge on any atom is 0.337 e. The maximum atomic E-state index is 13.2.